The van der Waals surface area contributed by atoms with Crippen molar-refractivity contribution in [1.29, 1.82) is 0 Å². The Morgan fingerprint density at radius 1 is 0.509 bits per heavy atom. The van der Waals surface area contributed by atoms with E-state index in [-0.39, 0.29) is 36.3 Å². The number of hydrogen-bond acceptors (Lipinski definition) is 3. The zero-order chi connectivity index (χ0) is 38.2. The Balaban J connectivity index is 1.06. The maximum Gasteiger partial charge on any atom is 0.391 e. The third-order valence-electron chi connectivity index (χ3n) is 9.39. The second-order valence-corrected chi connectivity index (χ2v) is 13.4. The molecule has 0 saturated carbocycles. The van der Waals surface area contributed by atoms with Crippen molar-refractivity contribution in [3.05, 3.63) is 124 Å². The molecule has 0 bridgehead atoms. The number of benzene rings is 4. The van der Waals surface area contributed by atoms with Crippen LogP contribution in [0.4, 0.5) is 30.7 Å². The summed E-state index contributed by atoms with van der Waals surface area (Å²) in [6, 6.07) is 20.8. The summed E-state index contributed by atoms with van der Waals surface area (Å²) < 4.78 is 114. The molecule has 10 heteroatoms. The molecule has 0 aromatic heterocycles. The van der Waals surface area contributed by atoms with E-state index in [2.05, 4.69) is 0 Å². The van der Waals surface area contributed by atoms with Crippen molar-refractivity contribution in [2.45, 2.75) is 97.1 Å². The summed E-state index contributed by atoms with van der Waals surface area (Å²) in [6.45, 7) is 4.27. The topological polar surface area (TPSA) is 27.7 Å². The van der Waals surface area contributed by atoms with Crippen molar-refractivity contribution in [2.24, 2.45) is 5.92 Å². The van der Waals surface area contributed by atoms with Crippen LogP contribution in [0.2, 0.25) is 0 Å². The molecule has 0 fully saturated rings. The Bertz CT molecular complexity index is 1690. The highest BCUT2D eigenvalue weighted by molar-refractivity contribution is 5.33. The van der Waals surface area contributed by atoms with Crippen LogP contribution >= 0.6 is 0 Å². The highest BCUT2D eigenvalue weighted by Gasteiger charge is 2.38. The Morgan fingerprint density at radius 3 is 1.45 bits per heavy atom. The summed E-state index contributed by atoms with van der Waals surface area (Å²) in [7, 11) is 0. The quantitative estimate of drug-likeness (QED) is 0.0592. The Kier molecular flexibility index (Phi) is 16.4. The smallest absolute Gasteiger partial charge is 0.391 e. The minimum atomic E-state index is -4.23. The van der Waals surface area contributed by atoms with E-state index in [1.54, 1.807) is 31.2 Å². The molecule has 0 spiro atoms. The van der Waals surface area contributed by atoms with Gasteiger partial charge in [-0.3, -0.25) is 0 Å². The molecule has 0 heterocycles. The first kappa shape index (κ1) is 41.5. The molecule has 1 unspecified atom stereocenters. The van der Waals surface area contributed by atoms with E-state index < -0.39 is 35.4 Å². The molecule has 0 aliphatic heterocycles. The first-order chi connectivity index (χ1) is 25.5. The third-order valence-corrected chi connectivity index (χ3v) is 9.39. The summed E-state index contributed by atoms with van der Waals surface area (Å²) in [5, 5.41) is 0. The molecule has 3 nitrogen and oxygen atoms in total. The maximum absolute atomic E-state index is 14.4. The van der Waals surface area contributed by atoms with Gasteiger partial charge in [0, 0.05) is 0 Å². The van der Waals surface area contributed by atoms with Crippen LogP contribution in [-0.2, 0) is 25.7 Å². The monoisotopic (exact) mass is 746 g/mol. The largest absolute Gasteiger partial charge is 0.494 e. The van der Waals surface area contributed by atoms with Gasteiger partial charge in [-0.1, -0.05) is 68.1 Å². The second-order valence-electron chi connectivity index (χ2n) is 13.4. The van der Waals surface area contributed by atoms with Gasteiger partial charge in [0.2, 0.25) is 5.82 Å². The SMILES string of the molecule is CCOc1ccc(CCc2ccc(OCCCCCC(CCCCCOc3ccc(CCc4ccc(C)c(F)c4F)cc3)C(F)(F)F)cc2)c(F)c1F. The van der Waals surface area contributed by atoms with Crippen molar-refractivity contribution in [1.82, 2.24) is 0 Å². The van der Waals surface area contributed by atoms with E-state index in [0.717, 1.165) is 11.1 Å². The van der Waals surface area contributed by atoms with Crippen molar-refractivity contribution < 1.29 is 44.9 Å². The van der Waals surface area contributed by atoms with E-state index in [1.807, 2.05) is 36.4 Å². The van der Waals surface area contributed by atoms with Crippen LogP contribution in [0.1, 0.15) is 86.1 Å². The number of ether oxygens (including phenoxy) is 3. The zero-order valence-electron chi connectivity index (χ0n) is 30.5. The van der Waals surface area contributed by atoms with Crippen molar-refractivity contribution in [3.63, 3.8) is 0 Å². The first-order valence-electron chi connectivity index (χ1n) is 18.5. The summed E-state index contributed by atoms with van der Waals surface area (Å²) >= 11 is 0. The van der Waals surface area contributed by atoms with Gasteiger partial charge in [0.1, 0.15) is 11.5 Å². The van der Waals surface area contributed by atoms with Crippen LogP contribution in [0, 0.1) is 36.1 Å². The highest BCUT2D eigenvalue weighted by Crippen LogP contribution is 2.34. The fraction of sp³-hybridized carbons (Fsp3) is 0.442. The number of alkyl halides is 3. The van der Waals surface area contributed by atoms with E-state index in [4.69, 9.17) is 14.2 Å². The third kappa shape index (κ3) is 13.3. The standard InChI is InChI=1S/C43H49F7O3/c1-3-51-38-27-22-34(41(46)42(38)47)21-14-32-17-25-37(26-18-32)53-29-9-5-7-11-35(43(48,49)50)10-6-4-8-28-52-36-23-15-31(16-24-36)13-20-33-19-12-30(2)39(44)40(33)45/h12,15-19,22-27,35H,3-11,13-14,20-21,28-29H2,1-2H3. The molecule has 0 aliphatic rings. The van der Waals surface area contributed by atoms with Crippen LogP contribution in [0.3, 0.4) is 0 Å². The summed E-state index contributed by atoms with van der Waals surface area (Å²) in [6.07, 6.45) is 1.18. The average molecular weight is 747 g/mol. The molecule has 0 saturated heterocycles. The fourth-order valence-electron chi connectivity index (χ4n) is 6.16. The van der Waals surface area contributed by atoms with Crippen LogP contribution < -0.4 is 14.2 Å². The molecule has 0 aliphatic carbocycles. The predicted molar refractivity (Wildman–Crippen MR) is 194 cm³/mol. The molecular formula is C43H49F7O3. The van der Waals surface area contributed by atoms with Gasteiger partial charge >= 0.3 is 6.18 Å². The fourth-order valence-corrected chi connectivity index (χ4v) is 6.16. The normalized spacial score (nSPS) is 12.2. The lowest BCUT2D eigenvalue weighted by Crippen LogP contribution is -2.23. The molecule has 4 aromatic rings. The van der Waals surface area contributed by atoms with E-state index in [9.17, 15) is 30.7 Å². The Labute approximate surface area is 308 Å². The molecule has 0 N–H and O–H groups in total. The lowest BCUT2D eigenvalue weighted by molar-refractivity contribution is -0.178. The van der Waals surface area contributed by atoms with Crippen molar-refractivity contribution >= 4 is 0 Å². The molecule has 4 rings (SSSR count). The van der Waals surface area contributed by atoms with Gasteiger partial charge < -0.3 is 14.2 Å². The van der Waals surface area contributed by atoms with E-state index >= 15 is 0 Å². The van der Waals surface area contributed by atoms with Gasteiger partial charge in [0.25, 0.3) is 0 Å². The zero-order valence-corrected chi connectivity index (χ0v) is 30.5. The molecule has 53 heavy (non-hydrogen) atoms. The van der Waals surface area contributed by atoms with Gasteiger partial charge in [-0.05, 0) is 123 Å². The van der Waals surface area contributed by atoms with Crippen LogP contribution in [0.25, 0.3) is 0 Å². The van der Waals surface area contributed by atoms with Crippen LogP contribution in [0.15, 0.2) is 72.8 Å². The van der Waals surface area contributed by atoms with Crippen LogP contribution in [0.5, 0.6) is 17.2 Å². The average Bonchev–Trinajstić information content (AvgIpc) is 3.14. The Hall–Kier alpha value is -4.21. The molecule has 0 amide bonds. The van der Waals surface area contributed by atoms with Gasteiger partial charge in [0.05, 0.1) is 25.7 Å². The number of aryl methyl sites for hydroxylation is 5. The summed E-state index contributed by atoms with van der Waals surface area (Å²) in [4.78, 5) is 0. The van der Waals surface area contributed by atoms with Gasteiger partial charge in [-0.15, -0.1) is 0 Å². The minimum Gasteiger partial charge on any atom is -0.494 e. The van der Waals surface area contributed by atoms with Crippen molar-refractivity contribution in [2.75, 3.05) is 19.8 Å². The van der Waals surface area contributed by atoms with Gasteiger partial charge in [-0.2, -0.15) is 17.6 Å². The minimum absolute atomic E-state index is 0.0887. The maximum atomic E-state index is 14.4. The molecular weight excluding hydrogens is 697 g/mol. The number of hydrogen-bond donors (Lipinski definition) is 0. The Morgan fingerprint density at radius 2 is 0.981 bits per heavy atom. The number of unbranched alkanes of at least 4 members (excludes halogenated alkanes) is 4. The van der Waals surface area contributed by atoms with Gasteiger partial charge in [-0.25, -0.2) is 13.2 Å². The molecule has 4 aromatic carbocycles. The summed E-state index contributed by atoms with van der Waals surface area (Å²) in [5.74, 6) is -3.61. The lowest BCUT2D eigenvalue weighted by Gasteiger charge is -2.20. The second kappa shape index (κ2) is 20.9. The lowest BCUT2D eigenvalue weighted by atomic mass is 9.94. The highest BCUT2D eigenvalue weighted by atomic mass is 19.4. The van der Waals surface area contributed by atoms with Gasteiger partial charge in [0.15, 0.2) is 23.2 Å². The number of rotatable bonds is 22. The van der Waals surface area contributed by atoms with E-state index in [1.165, 1.54) is 19.1 Å². The number of halogens is 7. The first-order valence-corrected chi connectivity index (χ1v) is 18.5. The summed E-state index contributed by atoms with van der Waals surface area (Å²) in [5.41, 5.74) is 2.79. The van der Waals surface area contributed by atoms with Crippen molar-refractivity contribution in [3.8, 4) is 17.2 Å². The predicted octanol–water partition coefficient (Wildman–Crippen LogP) is 12.3. The molecule has 288 valence electrons. The van der Waals surface area contributed by atoms with E-state index in [0.29, 0.717) is 94.5 Å². The molecule has 1 atom stereocenters. The van der Waals surface area contributed by atoms with Crippen LogP contribution in [-0.4, -0.2) is 26.0 Å². The molecule has 0 radical (unpaired) electrons.